The molecule has 2 fully saturated rings. The number of ether oxygens (including phenoxy) is 3. The van der Waals surface area contributed by atoms with E-state index in [9.17, 15) is 5.11 Å². The van der Waals surface area contributed by atoms with E-state index in [0.717, 1.165) is 5.56 Å². The predicted octanol–water partition coefficient (Wildman–Crippen LogP) is 3.38. The van der Waals surface area contributed by atoms with Crippen molar-refractivity contribution in [3.05, 3.63) is 90.5 Å². The van der Waals surface area contributed by atoms with Gasteiger partial charge in [0.05, 0.1) is 12.6 Å². The highest BCUT2D eigenvalue weighted by Crippen LogP contribution is 2.31. The minimum atomic E-state index is -0.736. The smallest absolute Gasteiger partial charge is 0.197 e. The van der Waals surface area contributed by atoms with Crippen LogP contribution in [0, 0.1) is 0 Å². The molecule has 0 saturated carbocycles. The van der Waals surface area contributed by atoms with Crippen molar-refractivity contribution in [1.82, 2.24) is 5.32 Å². The molecule has 0 unspecified atom stereocenters. The molecule has 0 radical (unpaired) electrons. The maximum absolute atomic E-state index is 11.0. The van der Waals surface area contributed by atoms with Gasteiger partial charge in [0.15, 0.2) is 12.4 Å². The molecule has 2 aliphatic heterocycles. The van der Waals surface area contributed by atoms with Gasteiger partial charge in [-0.15, -0.1) is 0 Å². The molecule has 5 heteroatoms. The fourth-order valence-corrected chi connectivity index (χ4v) is 4.10. The van der Waals surface area contributed by atoms with E-state index in [2.05, 4.69) is 41.7 Å². The summed E-state index contributed by atoms with van der Waals surface area (Å²) in [6.07, 6.45) is -2.05. The second-order valence-electron chi connectivity index (χ2n) is 7.73. The van der Waals surface area contributed by atoms with Crippen LogP contribution in [0.4, 0.5) is 0 Å². The second kappa shape index (κ2) is 8.58. The third-order valence-electron chi connectivity index (χ3n) is 5.73. The van der Waals surface area contributed by atoms with Crippen molar-refractivity contribution in [1.29, 1.82) is 0 Å². The van der Waals surface area contributed by atoms with Crippen LogP contribution in [-0.2, 0) is 16.0 Å². The van der Waals surface area contributed by atoms with Gasteiger partial charge >= 0.3 is 0 Å². The van der Waals surface area contributed by atoms with E-state index >= 15 is 0 Å². The minimum absolute atomic E-state index is 0.191. The fraction of sp³-hybridized carbons (Fsp3) is 0.280. The van der Waals surface area contributed by atoms with Gasteiger partial charge < -0.3 is 24.6 Å². The summed E-state index contributed by atoms with van der Waals surface area (Å²) in [5, 5.41) is 14.4. The van der Waals surface area contributed by atoms with E-state index in [1.807, 2.05) is 48.5 Å². The third-order valence-corrected chi connectivity index (χ3v) is 5.73. The summed E-state index contributed by atoms with van der Waals surface area (Å²) in [5.74, 6) is 0.689. The Bertz CT molecular complexity index is 948. The first-order valence-electron chi connectivity index (χ1n) is 10.3. The summed E-state index contributed by atoms with van der Waals surface area (Å²) in [4.78, 5) is 0. The van der Waals surface area contributed by atoms with Crippen molar-refractivity contribution >= 4 is 0 Å². The van der Waals surface area contributed by atoms with Crippen molar-refractivity contribution in [2.45, 2.75) is 37.2 Å². The van der Waals surface area contributed by atoms with Crippen molar-refractivity contribution in [3.8, 4) is 16.9 Å². The molecule has 30 heavy (non-hydrogen) atoms. The van der Waals surface area contributed by atoms with Crippen LogP contribution in [0.5, 0.6) is 5.75 Å². The Morgan fingerprint density at radius 2 is 1.53 bits per heavy atom. The van der Waals surface area contributed by atoms with E-state index < -0.39 is 18.5 Å². The molecular formula is C25H25NO4. The highest BCUT2D eigenvalue weighted by molar-refractivity contribution is 5.63. The minimum Gasteiger partial charge on any atom is -0.482 e. The van der Waals surface area contributed by atoms with Crippen molar-refractivity contribution in [2.75, 3.05) is 6.61 Å². The Kier molecular flexibility index (Phi) is 5.51. The molecule has 154 valence electrons. The summed E-state index contributed by atoms with van der Waals surface area (Å²) >= 11 is 0. The molecule has 3 aromatic carbocycles. The van der Waals surface area contributed by atoms with E-state index in [0.29, 0.717) is 18.9 Å². The maximum atomic E-state index is 11.0. The van der Waals surface area contributed by atoms with Gasteiger partial charge in [-0.25, -0.2) is 0 Å². The van der Waals surface area contributed by atoms with Crippen molar-refractivity contribution in [3.63, 3.8) is 0 Å². The van der Waals surface area contributed by atoms with Crippen LogP contribution < -0.4 is 10.1 Å². The molecule has 2 N–H and O–H groups in total. The molecule has 2 bridgehead atoms. The number of nitrogens with one attached hydrogen (secondary N) is 1. The monoisotopic (exact) mass is 403 g/mol. The van der Waals surface area contributed by atoms with E-state index in [4.69, 9.17) is 14.2 Å². The van der Waals surface area contributed by atoms with Crippen LogP contribution in [0.25, 0.3) is 11.1 Å². The number of para-hydroxylation sites is 1. The number of hydrogen-bond acceptors (Lipinski definition) is 5. The van der Waals surface area contributed by atoms with Crippen molar-refractivity contribution < 1.29 is 19.3 Å². The zero-order chi connectivity index (χ0) is 20.3. The summed E-state index contributed by atoms with van der Waals surface area (Å²) in [6, 6.07) is 28.0. The van der Waals surface area contributed by atoms with Crippen LogP contribution in [0.3, 0.4) is 0 Å². The van der Waals surface area contributed by atoms with E-state index in [1.165, 1.54) is 11.1 Å². The van der Waals surface area contributed by atoms with Crippen LogP contribution >= 0.6 is 0 Å². The summed E-state index contributed by atoms with van der Waals surface area (Å²) in [6.45, 7) is 1.07. The molecule has 2 aliphatic rings. The van der Waals surface area contributed by atoms with Gasteiger partial charge in [0.2, 0.25) is 0 Å². The molecular weight excluding hydrogens is 378 g/mol. The molecule has 0 amide bonds. The second-order valence-corrected chi connectivity index (χ2v) is 7.73. The van der Waals surface area contributed by atoms with E-state index in [-0.39, 0.29) is 12.1 Å². The first-order valence-corrected chi connectivity index (χ1v) is 10.3. The summed E-state index contributed by atoms with van der Waals surface area (Å²) in [7, 11) is 0. The van der Waals surface area contributed by atoms with Gasteiger partial charge in [-0.1, -0.05) is 72.8 Å². The topological polar surface area (TPSA) is 60.0 Å². The normalized spacial score (nSPS) is 27.7. The molecule has 5 nitrogen and oxygen atoms in total. The lowest BCUT2D eigenvalue weighted by atomic mass is 9.97. The van der Waals surface area contributed by atoms with Gasteiger partial charge in [-0.2, -0.15) is 0 Å². The summed E-state index contributed by atoms with van der Waals surface area (Å²) < 4.78 is 17.7. The predicted molar refractivity (Wildman–Crippen MR) is 114 cm³/mol. The van der Waals surface area contributed by atoms with E-state index in [1.54, 1.807) is 0 Å². The van der Waals surface area contributed by atoms with Crippen LogP contribution in [-0.4, -0.2) is 42.4 Å². The number of benzene rings is 3. The number of rotatable bonds is 6. The maximum Gasteiger partial charge on any atom is 0.197 e. The zero-order valence-electron chi connectivity index (χ0n) is 16.6. The number of aliphatic hydroxyl groups excluding tert-OH is 1. The molecule has 3 aromatic rings. The molecule has 0 aromatic heterocycles. The van der Waals surface area contributed by atoms with Gasteiger partial charge in [0.1, 0.15) is 18.0 Å². The van der Waals surface area contributed by atoms with Gasteiger partial charge in [-0.05, 0) is 28.8 Å². The number of fused-ring (bicyclic) bond motifs is 2. The van der Waals surface area contributed by atoms with Crippen LogP contribution in [0.1, 0.15) is 5.56 Å². The van der Waals surface area contributed by atoms with Crippen LogP contribution in [0.15, 0.2) is 84.9 Å². The van der Waals surface area contributed by atoms with Gasteiger partial charge in [-0.3, -0.25) is 0 Å². The molecule has 2 saturated heterocycles. The third kappa shape index (κ3) is 3.98. The summed E-state index contributed by atoms with van der Waals surface area (Å²) in [5.41, 5.74) is 3.52. The zero-order valence-corrected chi connectivity index (χ0v) is 16.6. The SMILES string of the molecule is O[C@H]1[C@@H](NCc2ccc(-c3ccccc3)cc2)[C@@H]2CO[C@H](O2)[C@@H]1Oc1ccccc1. The average molecular weight is 403 g/mol. The first kappa shape index (κ1) is 19.3. The van der Waals surface area contributed by atoms with Gasteiger partial charge in [0, 0.05) is 6.54 Å². The van der Waals surface area contributed by atoms with Crippen molar-refractivity contribution in [2.24, 2.45) is 0 Å². The molecule has 5 rings (SSSR count). The Morgan fingerprint density at radius 3 is 2.27 bits per heavy atom. The molecule has 5 atom stereocenters. The lowest BCUT2D eigenvalue weighted by Crippen LogP contribution is -2.61. The number of aliphatic hydroxyl groups is 1. The lowest BCUT2D eigenvalue weighted by molar-refractivity contribution is -0.193. The molecule has 0 spiro atoms. The molecule has 2 heterocycles. The Morgan fingerprint density at radius 1 is 0.867 bits per heavy atom. The lowest BCUT2D eigenvalue weighted by Gasteiger charge is -2.38. The highest BCUT2D eigenvalue weighted by atomic mass is 16.7. The standard InChI is InChI=1S/C25H25NO4/c27-23-22(21-16-28-25(30-21)24(23)29-20-9-5-2-6-10-20)26-15-17-11-13-19(14-12-17)18-7-3-1-4-8-18/h1-14,21-27H,15-16H2/t21-,22-,23-,24+,25+/m0/s1. The Balaban J connectivity index is 1.25. The highest BCUT2D eigenvalue weighted by Gasteiger charge is 2.51. The first-order chi connectivity index (χ1) is 14.8. The average Bonchev–Trinajstić information content (AvgIpc) is 3.24. The number of hydrogen-bond donors (Lipinski definition) is 2. The Hall–Kier alpha value is -2.70. The van der Waals surface area contributed by atoms with Crippen LogP contribution in [0.2, 0.25) is 0 Å². The Labute approximate surface area is 176 Å². The fourth-order valence-electron chi connectivity index (χ4n) is 4.10. The largest absolute Gasteiger partial charge is 0.482 e. The quantitative estimate of drug-likeness (QED) is 0.661. The molecule has 0 aliphatic carbocycles. The van der Waals surface area contributed by atoms with Gasteiger partial charge in [0.25, 0.3) is 0 Å².